The van der Waals surface area contributed by atoms with Gasteiger partial charge in [0.1, 0.15) is 4.83 Å². The summed E-state index contributed by atoms with van der Waals surface area (Å²) in [6.07, 6.45) is 6.10. The maximum atomic E-state index is 4.56. The first-order chi connectivity index (χ1) is 17.2. The van der Waals surface area contributed by atoms with Crippen LogP contribution in [0.3, 0.4) is 0 Å². The number of nitrogens with one attached hydrogen (secondary N) is 1. The molecule has 5 heteroatoms. The first kappa shape index (κ1) is 26.2. The van der Waals surface area contributed by atoms with Crippen LogP contribution in [0.2, 0.25) is 0 Å². The van der Waals surface area contributed by atoms with Gasteiger partial charge in [-0.3, -0.25) is 0 Å². The van der Waals surface area contributed by atoms with Gasteiger partial charge >= 0.3 is 0 Å². The average molecular weight is 501 g/mol. The third-order valence-corrected chi connectivity index (χ3v) is 8.51. The van der Waals surface area contributed by atoms with E-state index in [-0.39, 0.29) is 11.5 Å². The van der Waals surface area contributed by atoms with Crippen molar-refractivity contribution in [2.45, 2.75) is 65.3 Å². The summed E-state index contributed by atoms with van der Waals surface area (Å²) in [5.74, 6) is 0.576. The van der Waals surface area contributed by atoms with Crippen molar-refractivity contribution in [1.29, 1.82) is 0 Å². The van der Waals surface area contributed by atoms with Crippen LogP contribution in [0, 0.1) is 12.3 Å². The summed E-state index contributed by atoms with van der Waals surface area (Å²) in [4.78, 5) is 4.93. The minimum absolute atomic E-state index is 0.115. The topological polar surface area (TPSA) is 41.0 Å². The number of benzene rings is 1. The fourth-order valence-corrected chi connectivity index (χ4v) is 6.05. The van der Waals surface area contributed by atoms with E-state index >= 15 is 0 Å². The second-order valence-electron chi connectivity index (χ2n) is 11.1. The van der Waals surface area contributed by atoms with E-state index < -0.39 is 0 Å². The van der Waals surface area contributed by atoms with Crippen molar-refractivity contribution in [3.63, 3.8) is 0 Å². The van der Waals surface area contributed by atoms with Crippen LogP contribution >= 0.6 is 11.3 Å². The predicted octanol–water partition coefficient (Wildman–Crippen LogP) is 7.84. The monoisotopic (exact) mass is 500 g/mol. The largest absolute Gasteiger partial charge is 0.382 e. The molecule has 1 saturated heterocycles. The van der Waals surface area contributed by atoms with Gasteiger partial charge in [0.25, 0.3) is 0 Å². The second-order valence-corrected chi connectivity index (χ2v) is 12.2. The Morgan fingerprint density at radius 2 is 1.86 bits per heavy atom. The van der Waals surface area contributed by atoms with Crippen molar-refractivity contribution >= 4 is 21.6 Å². The Hall–Kier alpha value is -2.92. The molecule has 0 aliphatic carbocycles. The van der Waals surface area contributed by atoms with Gasteiger partial charge in [-0.1, -0.05) is 64.3 Å². The molecule has 0 saturated carbocycles. The molecule has 4 nitrogen and oxygen atoms in total. The minimum Gasteiger partial charge on any atom is -0.382 e. The highest BCUT2D eigenvalue weighted by atomic mass is 32.1. The average Bonchev–Trinajstić information content (AvgIpc) is 3.29. The summed E-state index contributed by atoms with van der Waals surface area (Å²) >= 11 is 1.80. The summed E-state index contributed by atoms with van der Waals surface area (Å²) in [5.41, 5.74) is 5.72. The number of likely N-dealkylation sites (tertiary alicyclic amines) is 1. The van der Waals surface area contributed by atoms with Gasteiger partial charge in [0, 0.05) is 46.4 Å². The third kappa shape index (κ3) is 6.07. The van der Waals surface area contributed by atoms with Crippen molar-refractivity contribution in [2.24, 2.45) is 5.41 Å². The molecule has 1 aliphatic rings. The molecule has 3 heterocycles. The Bertz CT molecular complexity index is 1240. The molecule has 0 bridgehead atoms. The molecular formula is C31H40N4S. The maximum Gasteiger partial charge on any atom is 0.146 e. The highest BCUT2D eigenvalue weighted by molar-refractivity contribution is 7.18. The summed E-state index contributed by atoms with van der Waals surface area (Å²) in [6, 6.07) is 13.1. The molecule has 1 fully saturated rings. The van der Waals surface area contributed by atoms with Crippen molar-refractivity contribution in [3.05, 3.63) is 84.0 Å². The number of hydrogen-bond donors (Lipinski definition) is 1. The van der Waals surface area contributed by atoms with Crippen LogP contribution in [-0.4, -0.2) is 34.2 Å². The highest BCUT2D eigenvalue weighted by Crippen LogP contribution is 2.37. The molecular weight excluding hydrogens is 460 g/mol. The van der Waals surface area contributed by atoms with Gasteiger partial charge in [-0.05, 0) is 61.6 Å². The van der Waals surface area contributed by atoms with Gasteiger partial charge in [-0.25, -0.2) is 0 Å². The van der Waals surface area contributed by atoms with E-state index in [1.807, 2.05) is 6.08 Å². The molecule has 2 aromatic heterocycles. The fourth-order valence-electron chi connectivity index (χ4n) is 4.92. The zero-order valence-electron chi connectivity index (χ0n) is 22.3. The minimum atomic E-state index is 0.115. The fraction of sp³-hybridized carbons (Fsp3) is 0.419. The summed E-state index contributed by atoms with van der Waals surface area (Å²) < 4.78 is 0. The number of hydrogen-bond acceptors (Lipinski definition) is 5. The standard InChI is InChI=1S/C31H40N4S/c1-8-29(31(5,6)7)32-22(3)13-14-23(4)35-17-15-24(16-18-35)28-20-25-19-27(33-34-30(25)36-28)26-12-10-9-11-21(26)2/h8-12,19-20,24,29,32H,1,3-4,13-18H2,2,5-7H3. The number of aryl methyl sites for hydroxylation is 1. The zero-order valence-corrected chi connectivity index (χ0v) is 23.1. The van der Waals surface area contributed by atoms with Gasteiger partial charge in [-0.15, -0.1) is 28.1 Å². The van der Waals surface area contributed by atoms with Crippen LogP contribution in [0.1, 0.15) is 62.8 Å². The van der Waals surface area contributed by atoms with Gasteiger partial charge in [0.05, 0.1) is 5.69 Å². The summed E-state index contributed by atoms with van der Waals surface area (Å²) in [5, 5.41) is 13.8. The highest BCUT2D eigenvalue weighted by Gasteiger charge is 2.24. The molecule has 0 radical (unpaired) electrons. The quantitative estimate of drug-likeness (QED) is 0.304. The van der Waals surface area contributed by atoms with Gasteiger partial charge in [-0.2, -0.15) is 0 Å². The van der Waals surface area contributed by atoms with Crippen LogP contribution in [0.4, 0.5) is 0 Å². The van der Waals surface area contributed by atoms with E-state index in [0.717, 1.165) is 60.6 Å². The molecule has 4 rings (SSSR count). The lowest BCUT2D eigenvalue weighted by atomic mass is 9.86. The predicted molar refractivity (Wildman–Crippen MR) is 155 cm³/mol. The van der Waals surface area contributed by atoms with E-state index in [9.17, 15) is 0 Å². The summed E-state index contributed by atoms with van der Waals surface area (Å²) in [7, 11) is 0. The number of aromatic nitrogens is 2. The lowest BCUT2D eigenvalue weighted by molar-refractivity contribution is 0.257. The number of thiophene rings is 1. The van der Waals surface area contributed by atoms with Gasteiger partial charge < -0.3 is 10.2 Å². The van der Waals surface area contributed by atoms with E-state index in [1.54, 1.807) is 11.3 Å². The molecule has 36 heavy (non-hydrogen) atoms. The van der Waals surface area contributed by atoms with Crippen molar-refractivity contribution < 1.29 is 0 Å². The van der Waals surface area contributed by atoms with E-state index in [0.29, 0.717) is 5.92 Å². The molecule has 190 valence electrons. The van der Waals surface area contributed by atoms with Gasteiger partial charge in [0.15, 0.2) is 0 Å². The van der Waals surface area contributed by atoms with Crippen LogP contribution in [0.15, 0.2) is 73.6 Å². The SMILES string of the molecule is C=CC(NC(=C)CCC(=C)N1CCC(c2cc3cc(-c4ccccc4C)nnc3s2)CC1)C(C)(C)C. The molecule has 3 aromatic rings. The van der Waals surface area contributed by atoms with Crippen LogP contribution in [0.25, 0.3) is 21.5 Å². The Labute approximate surface area is 220 Å². The number of rotatable bonds is 9. The lowest BCUT2D eigenvalue weighted by Crippen LogP contribution is -2.38. The van der Waals surface area contributed by atoms with Crippen molar-refractivity contribution in [1.82, 2.24) is 20.4 Å². The number of nitrogens with zero attached hydrogens (tertiary/aromatic N) is 3. The Morgan fingerprint density at radius 1 is 1.14 bits per heavy atom. The second kappa shape index (κ2) is 11.0. The Balaban J connectivity index is 1.32. The number of allylic oxidation sites excluding steroid dienone is 2. The Kier molecular flexibility index (Phi) is 7.99. The number of piperidine rings is 1. The molecule has 1 unspecified atom stereocenters. The molecule has 1 aromatic carbocycles. The summed E-state index contributed by atoms with van der Waals surface area (Å²) in [6.45, 7) is 23.5. The lowest BCUT2D eigenvalue weighted by Gasteiger charge is -2.35. The molecule has 0 amide bonds. The normalized spacial score (nSPS) is 15.6. The van der Waals surface area contributed by atoms with Gasteiger partial charge in [0.2, 0.25) is 0 Å². The number of fused-ring (bicyclic) bond motifs is 1. The third-order valence-electron chi connectivity index (χ3n) is 7.31. The Morgan fingerprint density at radius 3 is 2.53 bits per heavy atom. The first-order valence-corrected chi connectivity index (χ1v) is 13.8. The van der Waals surface area contributed by atoms with Crippen molar-refractivity contribution in [3.8, 4) is 11.3 Å². The first-order valence-electron chi connectivity index (χ1n) is 13.0. The van der Waals surface area contributed by atoms with Crippen LogP contribution in [-0.2, 0) is 0 Å². The molecule has 0 spiro atoms. The zero-order chi connectivity index (χ0) is 25.9. The van der Waals surface area contributed by atoms with Crippen LogP contribution < -0.4 is 5.32 Å². The van der Waals surface area contributed by atoms with E-state index in [2.05, 4.69) is 104 Å². The van der Waals surface area contributed by atoms with E-state index in [4.69, 9.17) is 0 Å². The molecule has 1 atom stereocenters. The van der Waals surface area contributed by atoms with Crippen molar-refractivity contribution in [2.75, 3.05) is 13.1 Å². The molecule has 1 N–H and O–H groups in total. The maximum absolute atomic E-state index is 4.56. The smallest absolute Gasteiger partial charge is 0.146 e. The molecule has 1 aliphatic heterocycles. The van der Waals surface area contributed by atoms with E-state index in [1.165, 1.54) is 21.5 Å². The van der Waals surface area contributed by atoms with Crippen LogP contribution in [0.5, 0.6) is 0 Å².